The van der Waals surface area contributed by atoms with Gasteiger partial charge in [0.2, 0.25) is 5.91 Å². The van der Waals surface area contributed by atoms with Crippen molar-refractivity contribution in [1.29, 1.82) is 0 Å². The van der Waals surface area contributed by atoms with Crippen LogP contribution in [0.3, 0.4) is 0 Å². The number of pyridine rings is 1. The van der Waals surface area contributed by atoms with Gasteiger partial charge in [0.1, 0.15) is 5.82 Å². The minimum absolute atomic E-state index is 0.0199. The van der Waals surface area contributed by atoms with Gasteiger partial charge in [-0.05, 0) is 46.7 Å². The average molecular weight is 332 g/mol. The molecule has 4 nitrogen and oxygen atoms in total. The number of nitrogens with one attached hydrogen (secondary N) is 1. The average Bonchev–Trinajstić information content (AvgIpc) is 3.21. The Bertz CT molecular complexity index is 689. The topological polar surface area (TPSA) is 46.9 Å². The molecule has 6 heteroatoms. The number of thiophene rings is 1. The van der Waals surface area contributed by atoms with Crippen LogP contribution >= 0.6 is 22.9 Å². The van der Waals surface area contributed by atoms with Crippen LogP contribution in [0, 0.1) is 0 Å². The van der Waals surface area contributed by atoms with E-state index >= 15 is 0 Å². The molecule has 0 saturated heterocycles. The van der Waals surface area contributed by atoms with E-state index in [1.54, 1.807) is 23.5 Å². The van der Waals surface area contributed by atoms with Crippen LogP contribution in [0.1, 0.15) is 18.0 Å². The first kappa shape index (κ1) is 14.8. The Morgan fingerprint density at radius 2 is 2.14 bits per heavy atom. The first-order chi connectivity index (χ1) is 10.7. The third-order valence-corrected chi connectivity index (χ3v) is 4.21. The zero-order valence-corrected chi connectivity index (χ0v) is 13.2. The van der Waals surface area contributed by atoms with Gasteiger partial charge in [0.05, 0.1) is 17.5 Å². The first-order valence-corrected chi connectivity index (χ1v) is 8.10. The number of carbonyl (C=O) groups is 1. The standard InChI is InChI=1S/C16H14ClN3OS/c17-13-3-4-15(18-10-13)19-16(21)9-14(12-5-8-22-11-12)20-6-1-2-7-20/h1-8,10-11,14H,9H2,(H,18,19,21). The number of anilines is 1. The molecule has 0 aliphatic rings. The molecule has 3 rings (SSSR count). The molecule has 22 heavy (non-hydrogen) atoms. The third kappa shape index (κ3) is 3.55. The maximum Gasteiger partial charge on any atom is 0.227 e. The van der Waals surface area contributed by atoms with Crippen LogP contribution < -0.4 is 5.32 Å². The predicted molar refractivity (Wildman–Crippen MR) is 89.4 cm³/mol. The Morgan fingerprint density at radius 1 is 1.32 bits per heavy atom. The van der Waals surface area contributed by atoms with E-state index in [9.17, 15) is 4.79 Å². The van der Waals surface area contributed by atoms with E-state index in [1.807, 2.05) is 40.5 Å². The van der Waals surface area contributed by atoms with Crippen molar-refractivity contribution >= 4 is 34.7 Å². The lowest BCUT2D eigenvalue weighted by Gasteiger charge is -2.17. The summed E-state index contributed by atoms with van der Waals surface area (Å²) in [6.45, 7) is 0. The Balaban J connectivity index is 1.73. The lowest BCUT2D eigenvalue weighted by Crippen LogP contribution is -2.19. The largest absolute Gasteiger partial charge is 0.346 e. The fourth-order valence-electron chi connectivity index (χ4n) is 2.23. The molecule has 0 aromatic carbocycles. The van der Waals surface area contributed by atoms with E-state index in [2.05, 4.69) is 15.7 Å². The normalized spacial score (nSPS) is 12.0. The van der Waals surface area contributed by atoms with Gasteiger partial charge in [-0.2, -0.15) is 11.3 Å². The zero-order valence-electron chi connectivity index (χ0n) is 11.6. The van der Waals surface area contributed by atoms with Crippen LogP contribution in [0.4, 0.5) is 5.82 Å². The number of rotatable bonds is 5. The quantitative estimate of drug-likeness (QED) is 0.761. The summed E-state index contributed by atoms with van der Waals surface area (Å²) >= 11 is 7.42. The van der Waals surface area contributed by atoms with E-state index in [-0.39, 0.29) is 11.9 Å². The minimum atomic E-state index is -0.0836. The van der Waals surface area contributed by atoms with Gasteiger partial charge in [-0.1, -0.05) is 11.6 Å². The predicted octanol–water partition coefficient (Wildman–Crippen LogP) is 4.22. The highest BCUT2D eigenvalue weighted by molar-refractivity contribution is 7.08. The second-order valence-corrected chi connectivity index (χ2v) is 6.03. The summed E-state index contributed by atoms with van der Waals surface area (Å²) in [5.74, 6) is 0.422. The van der Waals surface area contributed by atoms with Gasteiger partial charge in [-0.25, -0.2) is 4.98 Å². The fraction of sp³-hybridized carbons (Fsp3) is 0.125. The van der Waals surface area contributed by atoms with Gasteiger partial charge in [0, 0.05) is 18.6 Å². The van der Waals surface area contributed by atoms with Gasteiger partial charge in [-0.3, -0.25) is 4.79 Å². The summed E-state index contributed by atoms with van der Waals surface area (Å²) in [6.07, 6.45) is 5.79. The number of amides is 1. The highest BCUT2D eigenvalue weighted by atomic mass is 35.5. The molecule has 1 unspecified atom stereocenters. The Labute approximate surface area is 137 Å². The molecular weight excluding hydrogens is 318 g/mol. The highest BCUT2D eigenvalue weighted by Crippen LogP contribution is 2.25. The SMILES string of the molecule is O=C(CC(c1ccsc1)n1cccc1)Nc1ccc(Cl)cn1. The molecule has 0 aliphatic heterocycles. The zero-order chi connectivity index (χ0) is 15.4. The van der Waals surface area contributed by atoms with Gasteiger partial charge in [0.15, 0.2) is 0 Å². The highest BCUT2D eigenvalue weighted by Gasteiger charge is 2.18. The lowest BCUT2D eigenvalue weighted by molar-refractivity contribution is -0.116. The molecule has 1 amide bonds. The van der Waals surface area contributed by atoms with Crippen LogP contribution in [-0.2, 0) is 4.79 Å². The number of halogens is 1. The van der Waals surface area contributed by atoms with E-state index in [1.165, 1.54) is 6.20 Å². The third-order valence-electron chi connectivity index (χ3n) is 3.29. The van der Waals surface area contributed by atoms with Gasteiger partial charge in [-0.15, -0.1) is 0 Å². The van der Waals surface area contributed by atoms with E-state index in [0.717, 1.165) is 5.56 Å². The first-order valence-electron chi connectivity index (χ1n) is 6.78. The molecule has 0 spiro atoms. The molecule has 3 aromatic rings. The second-order valence-electron chi connectivity index (χ2n) is 4.82. The Morgan fingerprint density at radius 3 is 2.77 bits per heavy atom. The Hall–Kier alpha value is -2.11. The number of hydrogen-bond acceptors (Lipinski definition) is 3. The summed E-state index contributed by atoms with van der Waals surface area (Å²) < 4.78 is 2.04. The number of carbonyl (C=O) groups excluding carboxylic acids is 1. The molecule has 3 heterocycles. The maximum atomic E-state index is 12.3. The molecule has 1 N–H and O–H groups in total. The molecule has 112 valence electrons. The summed E-state index contributed by atoms with van der Waals surface area (Å²) in [5, 5.41) is 7.43. The second kappa shape index (κ2) is 6.77. The van der Waals surface area contributed by atoms with Crippen LogP contribution in [0.2, 0.25) is 5.02 Å². The van der Waals surface area contributed by atoms with Crippen molar-refractivity contribution in [2.75, 3.05) is 5.32 Å². The van der Waals surface area contributed by atoms with Crippen molar-refractivity contribution in [1.82, 2.24) is 9.55 Å². The van der Waals surface area contributed by atoms with Crippen molar-refractivity contribution in [3.05, 3.63) is 70.3 Å². The van der Waals surface area contributed by atoms with Crippen molar-refractivity contribution in [3.8, 4) is 0 Å². The molecule has 0 bridgehead atoms. The van der Waals surface area contributed by atoms with Gasteiger partial charge < -0.3 is 9.88 Å². The molecule has 0 fully saturated rings. The summed E-state index contributed by atoms with van der Waals surface area (Å²) in [6, 6.07) is 9.33. The van der Waals surface area contributed by atoms with Crippen LogP contribution in [0.15, 0.2) is 59.7 Å². The van der Waals surface area contributed by atoms with E-state index in [4.69, 9.17) is 11.6 Å². The fourth-order valence-corrected chi connectivity index (χ4v) is 3.05. The molecule has 1 atom stereocenters. The van der Waals surface area contributed by atoms with Crippen molar-refractivity contribution in [3.63, 3.8) is 0 Å². The Kier molecular flexibility index (Phi) is 4.56. The monoisotopic (exact) mass is 331 g/mol. The van der Waals surface area contributed by atoms with Crippen LogP contribution in [0.25, 0.3) is 0 Å². The van der Waals surface area contributed by atoms with Crippen molar-refractivity contribution in [2.45, 2.75) is 12.5 Å². The number of hydrogen-bond donors (Lipinski definition) is 1. The van der Waals surface area contributed by atoms with Crippen molar-refractivity contribution < 1.29 is 4.79 Å². The maximum absolute atomic E-state index is 12.3. The molecule has 0 saturated carbocycles. The van der Waals surface area contributed by atoms with Crippen molar-refractivity contribution in [2.24, 2.45) is 0 Å². The molecule has 3 aromatic heterocycles. The number of nitrogens with zero attached hydrogens (tertiary/aromatic N) is 2. The molecular formula is C16H14ClN3OS. The van der Waals surface area contributed by atoms with Gasteiger partial charge >= 0.3 is 0 Å². The smallest absolute Gasteiger partial charge is 0.227 e. The van der Waals surface area contributed by atoms with Crippen LogP contribution in [-0.4, -0.2) is 15.5 Å². The summed E-state index contributed by atoms with van der Waals surface area (Å²) in [5.41, 5.74) is 1.13. The molecule has 0 aliphatic carbocycles. The summed E-state index contributed by atoms with van der Waals surface area (Å²) in [7, 11) is 0. The molecule has 0 radical (unpaired) electrons. The van der Waals surface area contributed by atoms with E-state index < -0.39 is 0 Å². The summed E-state index contributed by atoms with van der Waals surface area (Å²) in [4.78, 5) is 16.4. The number of aromatic nitrogens is 2. The lowest BCUT2D eigenvalue weighted by atomic mass is 10.1. The van der Waals surface area contributed by atoms with Crippen LogP contribution in [0.5, 0.6) is 0 Å². The van der Waals surface area contributed by atoms with E-state index in [0.29, 0.717) is 17.3 Å². The van der Waals surface area contributed by atoms with Gasteiger partial charge in [0.25, 0.3) is 0 Å². The minimum Gasteiger partial charge on any atom is -0.346 e.